The van der Waals surface area contributed by atoms with Crippen molar-refractivity contribution in [1.29, 1.82) is 0 Å². The van der Waals surface area contributed by atoms with Crippen molar-refractivity contribution in [3.8, 4) is 0 Å². The smallest absolute Gasteiger partial charge is 0.242 e. The third-order valence-electron chi connectivity index (χ3n) is 4.95. The zero-order valence-electron chi connectivity index (χ0n) is 16.4. The maximum Gasteiger partial charge on any atom is 0.242 e. The number of rotatable bonds is 6. The number of hydrogen-bond donors (Lipinski definition) is 1. The Balaban J connectivity index is 1.51. The molecule has 1 amide bonds. The molecule has 30 heavy (non-hydrogen) atoms. The Kier molecular flexibility index (Phi) is 6.68. The van der Waals surface area contributed by atoms with E-state index in [1.54, 1.807) is 12.3 Å². The van der Waals surface area contributed by atoms with Crippen LogP contribution in [0.3, 0.4) is 0 Å². The molecule has 2 aromatic carbocycles. The first-order valence-electron chi connectivity index (χ1n) is 9.55. The standard InChI is InChI=1S/C22H21Cl2N3OS2/c1-22(29-8-9-30-22)11-21(28)26-25-12-16-14-27(20-5-3-2-4-18(16)20)13-15-6-7-17(23)10-19(15)24/h2-7,10,12,14H,8-9,11,13H2,1H3,(H,26,28). The van der Waals surface area contributed by atoms with Gasteiger partial charge in [-0.2, -0.15) is 5.10 Å². The Morgan fingerprint density at radius 3 is 2.77 bits per heavy atom. The number of nitrogens with zero attached hydrogens (tertiary/aromatic N) is 2. The summed E-state index contributed by atoms with van der Waals surface area (Å²) in [6, 6.07) is 13.6. The second-order valence-electron chi connectivity index (χ2n) is 7.27. The maximum absolute atomic E-state index is 12.3. The molecule has 3 aromatic rings. The molecule has 1 aliphatic rings. The molecule has 1 N–H and O–H groups in total. The van der Waals surface area contributed by atoms with Gasteiger partial charge in [-0.25, -0.2) is 5.43 Å². The lowest BCUT2D eigenvalue weighted by atomic mass is 10.2. The highest BCUT2D eigenvalue weighted by Gasteiger charge is 2.32. The summed E-state index contributed by atoms with van der Waals surface area (Å²) in [5.41, 5.74) is 5.67. The van der Waals surface area contributed by atoms with E-state index in [-0.39, 0.29) is 9.99 Å². The number of carbonyl (C=O) groups is 1. The molecule has 0 atom stereocenters. The van der Waals surface area contributed by atoms with Crippen LogP contribution in [0.25, 0.3) is 10.9 Å². The highest BCUT2D eigenvalue weighted by molar-refractivity contribution is 8.21. The molecule has 8 heteroatoms. The third-order valence-corrected chi connectivity index (χ3v) is 8.83. The van der Waals surface area contributed by atoms with Gasteiger partial charge in [0, 0.05) is 50.8 Å². The fourth-order valence-electron chi connectivity index (χ4n) is 3.51. The fourth-order valence-corrected chi connectivity index (χ4v) is 6.80. The minimum Gasteiger partial charge on any atom is -0.342 e. The highest BCUT2D eigenvalue weighted by atomic mass is 35.5. The first-order valence-corrected chi connectivity index (χ1v) is 12.3. The fraction of sp³-hybridized carbons (Fsp3) is 0.273. The molecule has 0 spiro atoms. The van der Waals surface area contributed by atoms with Gasteiger partial charge in [-0.05, 0) is 30.7 Å². The molecule has 1 saturated heterocycles. The summed E-state index contributed by atoms with van der Waals surface area (Å²) in [7, 11) is 0. The summed E-state index contributed by atoms with van der Waals surface area (Å²) < 4.78 is 2.08. The number of nitrogens with one attached hydrogen (secondary N) is 1. The molecule has 1 aliphatic heterocycles. The number of thioether (sulfide) groups is 2. The SMILES string of the molecule is CC1(CC(=O)NN=Cc2cn(Cc3ccc(Cl)cc3Cl)c3ccccc23)SCCS1. The van der Waals surface area contributed by atoms with Crippen LogP contribution in [0, 0.1) is 0 Å². The molecule has 0 saturated carbocycles. The summed E-state index contributed by atoms with van der Waals surface area (Å²) in [4.78, 5) is 12.3. The Hall–Kier alpha value is -1.60. The van der Waals surface area contributed by atoms with Crippen molar-refractivity contribution in [2.45, 2.75) is 24.0 Å². The van der Waals surface area contributed by atoms with E-state index in [9.17, 15) is 4.79 Å². The van der Waals surface area contributed by atoms with E-state index < -0.39 is 0 Å². The van der Waals surface area contributed by atoms with E-state index >= 15 is 0 Å². The van der Waals surface area contributed by atoms with Crippen LogP contribution in [-0.2, 0) is 11.3 Å². The Morgan fingerprint density at radius 1 is 1.23 bits per heavy atom. The normalized spacial score (nSPS) is 15.8. The predicted octanol–water partition coefficient (Wildman–Crippen LogP) is 6.03. The summed E-state index contributed by atoms with van der Waals surface area (Å²) >= 11 is 16.1. The first-order chi connectivity index (χ1) is 14.4. The summed E-state index contributed by atoms with van der Waals surface area (Å²) in [6.45, 7) is 2.73. The molecule has 0 aliphatic carbocycles. The molecule has 156 valence electrons. The average molecular weight is 478 g/mol. The second kappa shape index (κ2) is 9.27. The second-order valence-corrected chi connectivity index (χ2v) is 11.6. The first kappa shape index (κ1) is 21.6. The van der Waals surface area contributed by atoms with Crippen molar-refractivity contribution in [1.82, 2.24) is 9.99 Å². The van der Waals surface area contributed by atoms with Crippen LogP contribution in [0.4, 0.5) is 0 Å². The van der Waals surface area contributed by atoms with Crippen molar-refractivity contribution in [3.63, 3.8) is 0 Å². The van der Waals surface area contributed by atoms with E-state index in [0.29, 0.717) is 23.0 Å². The van der Waals surface area contributed by atoms with Gasteiger partial charge in [0.05, 0.1) is 16.7 Å². The van der Waals surface area contributed by atoms with Crippen LogP contribution >= 0.6 is 46.7 Å². The zero-order valence-corrected chi connectivity index (χ0v) is 19.5. The molecule has 0 unspecified atom stereocenters. The van der Waals surface area contributed by atoms with Crippen LogP contribution in [0.2, 0.25) is 10.0 Å². The number of carbonyl (C=O) groups excluding carboxylic acids is 1. The molecule has 1 aromatic heterocycles. The summed E-state index contributed by atoms with van der Waals surface area (Å²) in [5.74, 6) is 2.12. The van der Waals surface area contributed by atoms with Crippen LogP contribution in [0.5, 0.6) is 0 Å². The average Bonchev–Trinajstić information content (AvgIpc) is 3.28. The number of fused-ring (bicyclic) bond motifs is 1. The Morgan fingerprint density at radius 2 is 2.00 bits per heavy atom. The highest BCUT2D eigenvalue weighted by Crippen LogP contribution is 2.45. The topological polar surface area (TPSA) is 46.4 Å². The Bertz CT molecular complexity index is 1110. The van der Waals surface area contributed by atoms with Crippen molar-refractivity contribution < 1.29 is 4.79 Å². The van der Waals surface area contributed by atoms with Crippen molar-refractivity contribution in [2.24, 2.45) is 5.10 Å². The van der Waals surface area contributed by atoms with E-state index in [4.69, 9.17) is 23.2 Å². The third kappa shape index (κ3) is 4.99. The van der Waals surface area contributed by atoms with Gasteiger partial charge in [-0.15, -0.1) is 23.5 Å². The molecule has 1 fully saturated rings. The van der Waals surface area contributed by atoms with E-state index in [0.717, 1.165) is 33.5 Å². The lowest BCUT2D eigenvalue weighted by Crippen LogP contribution is -2.26. The van der Waals surface area contributed by atoms with Gasteiger partial charge >= 0.3 is 0 Å². The summed E-state index contributed by atoms with van der Waals surface area (Å²) in [5, 5.41) is 6.54. The van der Waals surface area contributed by atoms with Gasteiger partial charge in [-0.1, -0.05) is 47.5 Å². The molecule has 0 radical (unpaired) electrons. The Labute approximate surface area is 194 Å². The summed E-state index contributed by atoms with van der Waals surface area (Å²) in [6.07, 6.45) is 4.18. The number of halogens is 2. The van der Waals surface area contributed by atoms with Gasteiger partial charge in [0.2, 0.25) is 5.91 Å². The van der Waals surface area contributed by atoms with Crippen molar-refractivity contribution in [3.05, 3.63) is 69.8 Å². The van der Waals surface area contributed by atoms with Gasteiger partial charge in [0.25, 0.3) is 0 Å². The molecule has 4 rings (SSSR count). The quantitative estimate of drug-likeness (QED) is 0.348. The molecular weight excluding hydrogens is 457 g/mol. The lowest BCUT2D eigenvalue weighted by molar-refractivity contribution is -0.121. The zero-order chi connectivity index (χ0) is 21.1. The van der Waals surface area contributed by atoms with Crippen LogP contribution in [0.15, 0.2) is 53.8 Å². The van der Waals surface area contributed by atoms with Crippen LogP contribution < -0.4 is 5.43 Å². The minimum atomic E-state index is -0.0627. The molecule has 4 nitrogen and oxygen atoms in total. The minimum absolute atomic E-state index is 0.0481. The number of aromatic nitrogens is 1. The van der Waals surface area contributed by atoms with E-state index in [1.807, 2.05) is 60.1 Å². The maximum atomic E-state index is 12.3. The number of hydrogen-bond acceptors (Lipinski definition) is 4. The van der Waals surface area contributed by atoms with Gasteiger partial charge in [-0.3, -0.25) is 4.79 Å². The van der Waals surface area contributed by atoms with Crippen LogP contribution in [0.1, 0.15) is 24.5 Å². The van der Waals surface area contributed by atoms with Gasteiger partial charge < -0.3 is 4.57 Å². The lowest BCUT2D eigenvalue weighted by Gasteiger charge is -2.19. The van der Waals surface area contributed by atoms with E-state index in [2.05, 4.69) is 28.1 Å². The van der Waals surface area contributed by atoms with Gasteiger partial charge in [0.1, 0.15) is 0 Å². The largest absolute Gasteiger partial charge is 0.342 e. The molecule has 0 bridgehead atoms. The van der Waals surface area contributed by atoms with Crippen molar-refractivity contribution >= 4 is 69.8 Å². The number of para-hydroxylation sites is 1. The van der Waals surface area contributed by atoms with Gasteiger partial charge in [0.15, 0.2) is 0 Å². The molecular formula is C22H21Cl2N3OS2. The number of benzene rings is 2. The monoisotopic (exact) mass is 477 g/mol. The van der Waals surface area contributed by atoms with Crippen molar-refractivity contribution in [2.75, 3.05) is 11.5 Å². The predicted molar refractivity (Wildman–Crippen MR) is 131 cm³/mol. The van der Waals surface area contributed by atoms with E-state index in [1.165, 1.54) is 0 Å². The van der Waals surface area contributed by atoms with Crippen LogP contribution in [-0.4, -0.2) is 32.3 Å². The number of hydrazone groups is 1. The number of amides is 1. The molecule has 2 heterocycles.